The summed E-state index contributed by atoms with van der Waals surface area (Å²) in [6.45, 7) is 4.02. The number of benzene rings is 1. The second kappa shape index (κ2) is 6.12. The summed E-state index contributed by atoms with van der Waals surface area (Å²) in [5.41, 5.74) is 0.351. The number of hydrogen-bond donors (Lipinski definition) is 2. The van der Waals surface area contributed by atoms with Crippen molar-refractivity contribution in [1.29, 1.82) is 0 Å². The van der Waals surface area contributed by atoms with Gasteiger partial charge in [-0.15, -0.1) is 0 Å². The second-order valence-corrected chi connectivity index (χ2v) is 5.83. The Morgan fingerprint density at radius 1 is 1.40 bits per heavy atom. The predicted molar refractivity (Wildman–Crippen MR) is 78.2 cm³/mol. The normalized spacial score (nSPS) is 18.9. The van der Waals surface area contributed by atoms with Gasteiger partial charge in [-0.05, 0) is 37.0 Å². The average molecular weight is 298 g/mol. The summed E-state index contributed by atoms with van der Waals surface area (Å²) in [6, 6.07) is 4.95. The van der Waals surface area contributed by atoms with Crippen LogP contribution in [0.1, 0.15) is 42.1 Å². The van der Waals surface area contributed by atoms with Crippen molar-refractivity contribution in [3.8, 4) is 0 Å². The molecule has 0 amide bonds. The Morgan fingerprint density at radius 3 is 2.60 bits per heavy atom. The van der Waals surface area contributed by atoms with Gasteiger partial charge in [0.2, 0.25) is 0 Å². The van der Waals surface area contributed by atoms with Gasteiger partial charge < -0.3 is 10.2 Å². The van der Waals surface area contributed by atoms with Crippen LogP contribution in [-0.4, -0.2) is 39.8 Å². The summed E-state index contributed by atoms with van der Waals surface area (Å²) in [7, 11) is 0. The first kappa shape index (κ1) is 15.3. The van der Waals surface area contributed by atoms with Gasteiger partial charge >= 0.3 is 5.97 Å². The molecule has 1 fully saturated rings. The van der Waals surface area contributed by atoms with Crippen LogP contribution in [0.5, 0.6) is 0 Å². The van der Waals surface area contributed by atoms with E-state index in [1.54, 1.807) is 18.2 Å². The molecule has 1 aliphatic rings. The lowest BCUT2D eigenvalue weighted by atomic mass is 9.89. The van der Waals surface area contributed by atoms with Crippen molar-refractivity contribution >= 4 is 17.6 Å². The van der Waals surface area contributed by atoms with E-state index in [1.165, 1.54) is 0 Å². The number of carboxylic acid groups (broad SMARTS) is 1. The molecular weight excluding hydrogens is 278 g/mol. The van der Waals surface area contributed by atoms with Crippen molar-refractivity contribution in [2.75, 3.05) is 13.1 Å². The molecule has 0 aliphatic carbocycles. The third kappa shape index (κ3) is 3.32. The van der Waals surface area contributed by atoms with Gasteiger partial charge in [-0.25, -0.2) is 4.79 Å². The minimum atomic E-state index is -0.954. The fourth-order valence-electron chi connectivity index (χ4n) is 2.62. The molecule has 1 aromatic rings. The minimum absolute atomic E-state index is 0.258. The summed E-state index contributed by atoms with van der Waals surface area (Å²) < 4.78 is 0. The number of hydrogen-bond acceptors (Lipinski definition) is 3. The number of halogens is 1. The largest absolute Gasteiger partial charge is 0.478 e. The van der Waals surface area contributed by atoms with Gasteiger partial charge in [0.05, 0.1) is 11.2 Å². The van der Waals surface area contributed by atoms with Crippen molar-refractivity contribution in [2.24, 2.45) is 0 Å². The van der Waals surface area contributed by atoms with Crippen molar-refractivity contribution in [3.63, 3.8) is 0 Å². The molecule has 2 rings (SSSR count). The summed E-state index contributed by atoms with van der Waals surface area (Å²) in [5, 5.41) is 19.9. The van der Waals surface area contributed by atoms with E-state index in [0.29, 0.717) is 17.1 Å². The van der Waals surface area contributed by atoms with Crippen LogP contribution >= 0.6 is 11.6 Å². The Kier molecular flexibility index (Phi) is 4.68. The lowest BCUT2D eigenvalue weighted by Gasteiger charge is -2.37. The van der Waals surface area contributed by atoms with E-state index in [9.17, 15) is 15.0 Å². The van der Waals surface area contributed by atoms with Crippen LogP contribution in [-0.2, 0) is 6.54 Å². The first-order valence-corrected chi connectivity index (χ1v) is 7.28. The Bertz CT molecular complexity index is 496. The number of carbonyl (C=O) groups is 1. The molecule has 0 atom stereocenters. The van der Waals surface area contributed by atoms with Gasteiger partial charge in [0.1, 0.15) is 0 Å². The third-order valence-corrected chi connectivity index (χ3v) is 4.53. The number of aliphatic hydroxyl groups is 1. The van der Waals surface area contributed by atoms with E-state index >= 15 is 0 Å². The van der Waals surface area contributed by atoms with Crippen molar-refractivity contribution in [3.05, 3.63) is 34.3 Å². The summed E-state index contributed by atoms with van der Waals surface area (Å²) >= 11 is 6.14. The van der Waals surface area contributed by atoms with Gasteiger partial charge in [-0.3, -0.25) is 4.90 Å². The van der Waals surface area contributed by atoms with Gasteiger partial charge in [0.25, 0.3) is 0 Å². The lowest BCUT2D eigenvalue weighted by molar-refractivity contribution is -0.0257. The number of nitrogens with zero attached hydrogens (tertiary/aromatic N) is 1. The lowest BCUT2D eigenvalue weighted by Crippen LogP contribution is -2.43. The molecule has 1 aliphatic heterocycles. The van der Waals surface area contributed by atoms with Crippen LogP contribution < -0.4 is 0 Å². The maximum Gasteiger partial charge on any atom is 0.336 e. The van der Waals surface area contributed by atoms with E-state index in [-0.39, 0.29) is 5.56 Å². The third-order valence-electron chi connectivity index (χ3n) is 4.18. The number of likely N-dealkylation sites (tertiary alicyclic amines) is 1. The maximum absolute atomic E-state index is 11.2. The predicted octanol–water partition coefficient (Wildman–Crippen LogP) is 2.78. The number of aromatic carboxylic acids is 1. The molecule has 2 N–H and O–H groups in total. The molecule has 1 aromatic carbocycles. The van der Waals surface area contributed by atoms with Crippen LogP contribution in [0, 0.1) is 0 Å². The van der Waals surface area contributed by atoms with Crippen molar-refractivity contribution in [2.45, 2.75) is 38.3 Å². The van der Waals surface area contributed by atoms with Crippen LogP contribution in [0.3, 0.4) is 0 Å². The SMILES string of the molecule is CCC1(O)CCN(Cc2c(Cl)cccc2C(=O)O)CC1. The van der Waals surface area contributed by atoms with E-state index < -0.39 is 11.6 Å². The van der Waals surface area contributed by atoms with Crippen LogP contribution in [0.15, 0.2) is 18.2 Å². The summed E-state index contributed by atoms with van der Waals surface area (Å²) in [5.74, 6) is -0.954. The molecule has 4 nitrogen and oxygen atoms in total. The molecule has 0 bridgehead atoms. The summed E-state index contributed by atoms with van der Waals surface area (Å²) in [4.78, 5) is 13.4. The van der Waals surface area contributed by atoms with Gasteiger partial charge in [0.15, 0.2) is 0 Å². The fraction of sp³-hybridized carbons (Fsp3) is 0.533. The quantitative estimate of drug-likeness (QED) is 0.897. The molecule has 1 saturated heterocycles. The number of carboxylic acids is 1. The molecule has 110 valence electrons. The minimum Gasteiger partial charge on any atom is -0.478 e. The molecule has 0 saturated carbocycles. The second-order valence-electron chi connectivity index (χ2n) is 5.43. The molecule has 5 heteroatoms. The highest BCUT2D eigenvalue weighted by Gasteiger charge is 2.30. The van der Waals surface area contributed by atoms with E-state index in [2.05, 4.69) is 4.90 Å². The monoisotopic (exact) mass is 297 g/mol. The molecule has 1 heterocycles. The highest BCUT2D eigenvalue weighted by molar-refractivity contribution is 6.31. The van der Waals surface area contributed by atoms with E-state index in [1.807, 2.05) is 6.92 Å². The Labute approximate surface area is 124 Å². The maximum atomic E-state index is 11.2. The topological polar surface area (TPSA) is 60.8 Å². The van der Waals surface area contributed by atoms with Crippen molar-refractivity contribution < 1.29 is 15.0 Å². The van der Waals surface area contributed by atoms with Crippen LogP contribution in [0.4, 0.5) is 0 Å². The Balaban J connectivity index is 2.10. The van der Waals surface area contributed by atoms with Crippen LogP contribution in [0.25, 0.3) is 0 Å². The molecular formula is C15H20ClNO3. The molecule has 20 heavy (non-hydrogen) atoms. The van der Waals surface area contributed by atoms with E-state index in [4.69, 9.17) is 11.6 Å². The Hall–Kier alpha value is -1.10. The zero-order valence-electron chi connectivity index (χ0n) is 11.6. The molecule has 0 unspecified atom stereocenters. The molecule has 0 spiro atoms. The first-order valence-electron chi connectivity index (χ1n) is 6.90. The number of piperidine rings is 1. The van der Waals surface area contributed by atoms with Crippen molar-refractivity contribution in [1.82, 2.24) is 4.90 Å². The van der Waals surface area contributed by atoms with Gasteiger partial charge in [-0.1, -0.05) is 24.6 Å². The smallest absolute Gasteiger partial charge is 0.336 e. The molecule has 0 radical (unpaired) electrons. The first-order chi connectivity index (χ1) is 9.45. The fourth-order valence-corrected chi connectivity index (χ4v) is 2.86. The average Bonchev–Trinajstić information content (AvgIpc) is 2.43. The summed E-state index contributed by atoms with van der Waals surface area (Å²) in [6.07, 6.45) is 2.19. The zero-order chi connectivity index (χ0) is 14.8. The molecule has 0 aromatic heterocycles. The standard InChI is InChI=1S/C15H20ClNO3/c1-2-15(20)6-8-17(9-7-15)10-12-11(14(18)19)4-3-5-13(12)16/h3-5,20H,2,6-10H2,1H3,(H,18,19). The Morgan fingerprint density at radius 2 is 2.05 bits per heavy atom. The van der Waals surface area contributed by atoms with Gasteiger partial charge in [0, 0.05) is 24.7 Å². The zero-order valence-corrected chi connectivity index (χ0v) is 12.4. The van der Waals surface area contributed by atoms with E-state index in [0.717, 1.165) is 32.4 Å². The van der Waals surface area contributed by atoms with Crippen LogP contribution in [0.2, 0.25) is 5.02 Å². The number of rotatable bonds is 4. The highest BCUT2D eigenvalue weighted by Crippen LogP contribution is 2.28. The van der Waals surface area contributed by atoms with Gasteiger partial charge in [-0.2, -0.15) is 0 Å². The highest BCUT2D eigenvalue weighted by atomic mass is 35.5.